The van der Waals surface area contributed by atoms with E-state index in [1.807, 2.05) is 10.8 Å². The quantitative estimate of drug-likeness (QED) is 0.551. The lowest BCUT2D eigenvalue weighted by Crippen LogP contribution is -2.42. The molecule has 3 aromatic rings. The number of aromatic nitrogens is 4. The van der Waals surface area contributed by atoms with E-state index in [4.69, 9.17) is 15.7 Å². The lowest BCUT2D eigenvalue weighted by Gasteiger charge is -2.28. The number of nitrogens with two attached hydrogens (primary N) is 1. The second-order valence-corrected chi connectivity index (χ2v) is 8.97. The van der Waals surface area contributed by atoms with Gasteiger partial charge in [0.15, 0.2) is 5.82 Å². The maximum atomic E-state index is 12.0. The highest BCUT2D eigenvalue weighted by Crippen LogP contribution is 2.31. The number of aryl methyl sites for hydroxylation is 2. The smallest absolute Gasteiger partial charge is 0.240 e. The maximum absolute atomic E-state index is 12.0. The van der Waals surface area contributed by atoms with Crippen molar-refractivity contribution in [2.24, 2.45) is 5.73 Å². The Morgan fingerprint density at radius 3 is 2.76 bits per heavy atom. The van der Waals surface area contributed by atoms with Crippen LogP contribution in [0.25, 0.3) is 5.69 Å². The first-order valence-corrected chi connectivity index (χ1v) is 11.5. The number of hydrogen-bond acceptors (Lipinski definition) is 7. The van der Waals surface area contributed by atoms with E-state index in [0.29, 0.717) is 18.3 Å². The van der Waals surface area contributed by atoms with Crippen molar-refractivity contribution in [1.82, 2.24) is 24.8 Å². The first-order valence-electron chi connectivity index (χ1n) is 11.5. The van der Waals surface area contributed by atoms with Crippen LogP contribution in [0, 0.1) is 20.8 Å². The maximum Gasteiger partial charge on any atom is 0.240 e. The van der Waals surface area contributed by atoms with Gasteiger partial charge in [0.05, 0.1) is 11.9 Å². The van der Waals surface area contributed by atoms with E-state index in [0.717, 1.165) is 55.1 Å². The van der Waals surface area contributed by atoms with Gasteiger partial charge in [-0.1, -0.05) is 0 Å². The number of imidazole rings is 1. The minimum absolute atomic E-state index is 0.300. The lowest BCUT2D eigenvalue weighted by atomic mass is 10.0. The number of nitrogens with one attached hydrogen (secondary N) is 2. The summed E-state index contributed by atoms with van der Waals surface area (Å²) in [4.78, 5) is 28.2. The third-order valence-electron chi connectivity index (χ3n) is 6.80. The van der Waals surface area contributed by atoms with Crippen LogP contribution in [0.1, 0.15) is 40.8 Å². The molecular weight excluding hydrogens is 416 g/mol. The summed E-state index contributed by atoms with van der Waals surface area (Å²) in [5, 5.41) is 6.64. The molecule has 172 valence electrons. The number of carbonyl (C=O) groups is 1. The Bertz CT molecular complexity index is 1190. The molecule has 5 rings (SSSR count). The molecule has 0 bridgehead atoms. The van der Waals surface area contributed by atoms with E-state index in [2.05, 4.69) is 53.4 Å². The van der Waals surface area contributed by atoms with Gasteiger partial charge >= 0.3 is 0 Å². The number of anilines is 3. The van der Waals surface area contributed by atoms with Crippen LogP contribution in [0.5, 0.6) is 0 Å². The van der Waals surface area contributed by atoms with Crippen molar-refractivity contribution in [1.29, 1.82) is 0 Å². The number of carbonyl (C=O) groups excluding carboxylic acids is 1. The molecule has 4 N–H and O–H groups in total. The first kappa shape index (κ1) is 21.4. The molecule has 4 heterocycles. The van der Waals surface area contributed by atoms with Crippen LogP contribution in [0.2, 0.25) is 0 Å². The molecule has 0 unspecified atom stereocenters. The van der Waals surface area contributed by atoms with E-state index in [-0.39, 0.29) is 11.9 Å². The largest absolute Gasteiger partial charge is 0.368 e. The van der Waals surface area contributed by atoms with Crippen molar-refractivity contribution < 1.29 is 4.79 Å². The predicted octanol–water partition coefficient (Wildman–Crippen LogP) is 2.43. The highest BCUT2D eigenvalue weighted by Gasteiger charge is 2.33. The normalized spacial score (nSPS) is 17.8. The van der Waals surface area contributed by atoms with E-state index >= 15 is 0 Å². The first-order chi connectivity index (χ1) is 15.9. The summed E-state index contributed by atoms with van der Waals surface area (Å²) in [6, 6.07) is 3.99. The Morgan fingerprint density at radius 1 is 1.21 bits per heavy atom. The zero-order valence-electron chi connectivity index (χ0n) is 19.4. The van der Waals surface area contributed by atoms with Crippen molar-refractivity contribution in [3.63, 3.8) is 0 Å². The van der Waals surface area contributed by atoms with Crippen molar-refractivity contribution in [2.75, 3.05) is 23.3 Å². The molecule has 0 saturated carbocycles. The molecule has 1 amide bonds. The summed E-state index contributed by atoms with van der Waals surface area (Å²) in [6.45, 7) is 8.69. The molecule has 1 fully saturated rings. The van der Waals surface area contributed by atoms with Crippen LogP contribution in [-0.4, -0.2) is 44.6 Å². The minimum Gasteiger partial charge on any atom is -0.368 e. The van der Waals surface area contributed by atoms with Gasteiger partial charge in [-0.3, -0.25) is 4.79 Å². The molecule has 33 heavy (non-hydrogen) atoms. The third-order valence-corrected chi connectivity index (χ3v) is 6.80. The Balaban J connectivity index is 1.47. The molecule has 9 nitrogen and oxygen atoms in total. The van der Waals surface area contributed by atoms with E-state index in [1.54, 1.807) is 6.33 Å². The molecule has 1 aromatic carbocycles. The fourth-order valence-electron chi connectivity index (χ4n) is 4.75. The van der Waals surface area contributed by atoms with Crippen LogP contribution in [0.4, 0.5) is 17.6 Å². The van der Waals surface area contributed by atoms with Crippen LogP contribution >= 0.6 is 0 Å². The molecular formula is C24H30N8O. The molecule has 0 spiro atoms. The molecule has 1 atom stereocenters. The van der Waals surface area contributed by atoms with Gasteiger partial charge < -0.3 is 25.8 Å². The topological polar surface area (TPSA) is 114 Å². The van der Waals surface area contributed by atoms with E-state index in [1.165, 1.54) is 16.7 Å². The van der Waals surface area contributed by atoms with Gasteiger partial charge in [0.25, 0.3) is 0 Å². The Morgan fingerprint density at radius 2 is 2.00 bits per heavy atom. The third kappa shape index (κ3) is 4.04. The summed E-state index contributed by atoms with van der Waals surface area (Å²) < 4.78 is 1.99. The molecule has 1 saturated heterocycles. The van der Waals surface area contributed by atoms with Gasteiger partial charge in [0.2, 0.25) is 11.9 Å². The Labute approximate surface area is 193 Å². The summed E-state index contributed by atoms with van der Waals surface area (Å²) in [7, 11) is 0. The molecule has 2 aromatic heterocycles. The number of benzene rings is 1. The fraction of sp³-hybridized carbons (Fsp3) is 0.417. The number of primary amides is 1. The van der Waals surface area contributed by atoms with Crippen LogP contribution < -0.4 is 21.3 Å². The van der Waals surface area contributed by atoms with Gasteiger partial charge in [-0.05, 0) is 75.4 Å². The zero-order valence-corrected chi connectivity index (χ0v) is 19.4. The molecule has 2 aliphatic heterocycles. The molecule has 0 aliphatic carbocycles. The Kier molecular flexibility index (Phi) is 5.49. The van der Waals surface area contributed by atoms with E-state index < -0.39 is 0 Å². The van der Waals surface area contributed by atoms with E-state index in [9.17, 15) is 4.79 Å². The van der Waals surface area contributed by atoms with Crippen molar-refractivity contribution in [3.05, 3.63) is 52.6 Å². The molecule has 0 radical (unpaired) electrons. The summed E-state index contributed by atoms with van der Waals surface area (Å²) >= 11 is 0. The average Bonchev–Trinajstić information content (AvgIpc) is 3.46. The molecule has 9 heteroatoms. The Hall–Kier alpha value is -3.46. The van der Waals surface area contributed by atoms with Crippen molar-refractivity contribution in [3.8, 4) is 5.69 Å². The number of fused-ring (bicyclic) bond motifs is 1. The monoisotopic (exact) mass is 446 g/mol. The van der Waals surface area contributed by atoms with Crippen molar-refractivity contribution in [2.45, 2.75) is 52.6 Å². The number of amides is 1. The zero-order chi connectivity index (χ0) is 23.1. The van der Waals surface area contributed by atoms with Gasteiger partial charge in [0.1, 0.15) is 18.2 Å². The lowest BCUT2D eigenvalue weighted by molar-refractivity contribution is -0.119. The van der Waals surface area contributed by atoms with Gasteiger partial charge in [-0.15, -0.1) is 0 Å². The van der Waals surface area contributed by atoms with Gasteiger partial charge in [0, 0.05) is 24.3 Å². The standard InChI is InChI=1S/C24H30N8O/c1-14-9-17(10-15(2)16(14)3)31-12-21(27-13-31)29-24-28-19-11-26-7-6-18(19)23(30-24)32-8-4-5-20(32)22(25)33/h9-10,12-13,20,26H,4-8,11H2,1-3H3,(H2,25,33)(H,28,29,30)/t20-/m0/s1. The van der Waals surface area contributed by atoms with Gasteiger partial charge in [-0.2, -0.15) is 4.98 Å². The second kappa shape index (κ2) is 8.47. The second-order valence-electron chi connectivity index (χ2n) is 8.97. The van der Waals surface area contributed by atoms with Crippen LogP contribution in [0.15, 0.2) is 24.7 Å². The summed E-state index contributed by atoms with van der Waals surface area (Å²) in [5.41, 5.74) is 12.6. The number of rotatable bonds is 5. The average molecular weight is 447 g/mol. The van der Waals surface area contributed by atoms with Crippen LogP contribution in [-0.2, 0) is 17.8 Å². The number of nitrogens with zero attached hydrogens (tertiary/aromatic N) is 5. The minimum atomic E-state index is -0.320. The highest BCUT2D eigenvalue weighted by molar-refractivity contribution is 5.84. The SMILES string of the molecule is Cc1cc(-n2cnc(Nc3nc4c(c(N5CCC[C@H]5C(N)=O)n3)CCNC4)c2)cc(C)c1C. The fourth-order valence-corrected chi connectivity index (χ4v) is 4.75. The summed E-state index contributed by atoms with van der Waals surface area (Å²) in [5.74, 6) is 1.65. The number of hydrogen-bond donors (Lipinski definition) is 3. The van der Waals surface area contributed by atoms with Crippen LogP contribution in [0.3, 0.4) is 0 Å². The van der Waals surface area contributed by atoms with Crippen molar-refractivity contribution >= 4 is 23.5 Å². The predicted molar refractivity (Wildman–Crippen MR) is 128 cm³/mol. The van der Waals surface area contributed by atoms with Gasteiger partial charge in [-0.25, -0.2) is 9.97 Å². The molecule has 2 aliphatic rings. The highest BCUT2D eigenvalue weighted by atomic mass is 16.1. The summed E-state index contributed by atoms with van der Waals surface area (Å²) in [6.07, 6.45) is 6.23.